The van der Waals surface area contributed by atoms with Crippen molar-refractivity contribution in [1.82, 2.24) is 9.80 Å². The van der Waals surface area contributed by atoms with Gasteiger partial charge in [-0.15, -0.1) is 0 Å². The normalized spacial score (nSPS) is 31.2. The summed E-state index contributed by atoms with van der Waals surface area (Å²) in [5.41, 5.74) is 0. The van der Waals surface area contributed by atoms with E-state index in [4.69, 9.17) is 19.7 Å². The summed E-state index contributed by atoms with van der Waals surface area (Å²) in [4.78, 5) is 26.5. The van der Waals surface area contributed by atoms with Crippen molar-refractivity contribution in [2.24, 2.45) is 0 Å². The SMILES string of the molecule is CC1COC(CO)CN1C(=O)N1CCOC(C(=O)O)C1. The fourth-order valence-corrected chi connectivity index (χ4v) is 2.35. The fourth-order valence-electron chi connectivity index (χ4n) is 2.35. The Morgan fingerprint density at radius 1 is 1.30 bits per heavy atom. The molecule has 8 heteroatoms. The predicted molar refractivity (Wildman–Crippen MR) is 67.3 cm³/mol. The first-order valence-electron chi connectivity index (χ1n) is 6.65. The van der Waals surface area contributed by atoms with Gasteiger partial charge in [-0.2, -0.15) is 0 Å². The number of aliphatic hydroxyl groups excluding tert-OH is 1. The third kappa shape index (κ3) is 3.20. The number of carboxylic acids is 1. The van der Waals surface area contributed by atoms with Crippen molar-refractivity contribution in [3.05, 3.63) is 0 Å². The minimum atomic E-state index is -1.06. The van der Waals surface area contributed by atoms with E-state index in [1.54, 1.807) is 4.90 Å². The molecule has 3 atom stereocenters. The Labute approximate surface area is 116 Å². The zero-order valence-electron chi connectivity index (χ0n) is 11.4. The summed E-state index contributed by atoms with van der Waals surface area (Å²) in [7, 11) is 0. The zero-order chi connectivity index (χ0) is 14.7. The zero-order valence-corrected chi connectivity index (χ0v) is 11.4. The molecule has 2 aliphatic rings. The first kappa shape index (κ1) is 15.0. The molecule has 2 amide bonds. The first-order chi connectivity index (χ1) is 9.52. The summed E-state index contributed by atoms with van der Waals surface area (Å²) in [6.45, 7) is 3.02. The van der Waals surface area contributed by atoms with E-state index in [9.17, 15) is 9.59 Å². The number of morpholine rings is 2. The lowest BCUT2D eigenvalue weighted by molar-refractivity contribution is -0.155. The van der Waals surface area contributed by atoms with Gasteiger partial charge in [0.15, 0.2) is 6.10 Å². The van der Waals surface area contributed by atoms with Crippen LogP contribution in [-0.2, 0) is 14.3 Å². The molecule has 0 aromatic heterocycles. The molecule has 2 N–H and O–H groups in total. The number of hydrogen-bond acceptors (Lipinski definition) is 5. The average molecular weight is 288 g/mol. The molecule has 2 aliphatic heterocycles. The largest absolute Gasteiger partial charge is 0.479 e. The Kier molecular flexibility index (Phi) is 4.79. The van der Waals surface area contributed by atoms with Gasteiger partial charge >= 0.3 is 12.0 Å². The van der Waals surface area contributed by atoms with Crippen LogP contribution < -0.4 is 0 Å². The molecule has 2 fully saturated rings. The van der Waals surface area contributed by atoms with Gasteiger partial charge in [0.05, 0.1) is 45.1 Å². The number of carbonyl (C=O) groups is 2. The third-order valence-corrected chi connectivity index (χ3v) is 3.57. The van der Waals surface area contributed by atoms with Crippen molar-refractivity contribution in [3.63, 3.8) is 0 Å². The molecule has 8 nitrogen and oxygen atoms in total. The number of aliphatic carboxylic acids is 1. The number of carbonyl (C=O) groups excluding carboxylic acids is 1. The lowest BCUT2D eigenvalue weighted by Gasteiger charge is -2.41. The van der Waals surface area contributed by atoms with Gasteiger partial charge in [-0.05, 0) is 6.92 Å². The topological polar surface area (TPSA) is 99.5 Å². The maximum Gasteiger partial charge on any atom is 0.334 e. The lowest BCUT2D eigenvalue weighted by Crippen LogP contribution is -2.59. The van der Waals surface area contributed by atoms with Gasteiger partial charge in [-0.1, -0.05) is 0 Å². The number of ether oxygens (including phenoxy) is 2. The molecule has 0 bridgehead atoms. The molecular weight excluding hydrogens is 268 g/mol. The van der Waals surface area contributed by atoms with Crippen LogP contribution in [0.1, 0.15) is 6.92 Å². The lowest BCUT2D eigenvalue weighted by atomic mass is 10.2. The number of amides is 2. The van der Waals surface area contributed by atoms with Gasteiger partial charge in [0.2, 0.25) is 0 Å². The molecule has 0 saturated carbocycles. The summed E-state index contributed by atoms with van der Waals surface area (Å²) in [5, 5.41) is 18.1. The molecule has 0 aromatic carbocycles. The van der Waals surface area contributed by atoms with Crippen molar-refractivity contribution >= 4 is 12.0 Å². The van der Waals surface area contributed by atoms with Crippen LogP contribution in [-0.4, -0.2) is 89.7 Å². The molecule has 0 aromatic rings. The Hall–Kier alpha value is -1.38. The van der Waals surface area contributed by atoms with E-state index in [-0.39, 0.29) is 37.9 Å². The Bertz CT molecular complexity index is 377. The van der Waals surface area contributed by atoms with Crippen LogP contribution in [0.15, 0.2) is 0 Å². The Morgan fingerprint density at radius 2 is 2.05 bits per heavy atom. The van der Waals surface area contributed by atoms with E-state index in [0.717, 1.165) is 0 Å². The summed E-state index contributed by atoms with van der Waals surface area (Å²) in [5.74, 6) is -1.06. The van der Waals surface area contributed by atoms with Crippen LogP contribution in [0.4, 0.5) is 4.79 Å². The van der Waals surface area contributed by atoms with Crippen LogP contribution in [0.3, 0.4) is 0 Å². The number of rotatable bonds is 2. The highest BCUT2D eigenvalue weighted by atomic mass is 16.5. The van der Waals surface area contributed by atoms with Crippen LogP contribution in [0.2, 0.25) is 0 Å². The van der Waals surface area contributed by atoms with Crippen molar-refractivity contribution in [1.29, 1.82) is 0 Å². The first-order valence-corrected chi connectivity index (χ1v) is 6.65. The average Bonchev–Trinajstić information content (AvgIpc) is 2.47. The van der Waals surface area contributed by atoms with Crippen LogP contribution in [0.25, 0.3) is 0 Å². The van der Waals surface area contributed by atoms with Gasteiger partial charge in [-0.25, -0.2) is 9.59 Å². The van der Waals surface area contributed by atoms with Gasteiger partial charge in [0, 0.05) is 6.54 Å². The van der Waals surface area contributed by atoms with Gasteiger partial charge in [-0.3, -0.25) is 0 Å². The van der Waals surface area contributed by atoms with E-state index < -0.39 is 12.1 Å². The van der Waals surface area contributed by atoms with Crippen molar-refractivity contribution in [2.45, 2.75) is 25.2 Å². The van der Waals surface area contributed by atoms with E-state index in [1.165, 1.54) is 4.90 Å². The van der Waals surface area contributed by atoms with E-state index in [1.807, 2.05) is 6.92 Å². The van der Waals surface area contributed by atoms with E-state index in [2.05, 4.69) is 0 Å². The molecule has 0 spiro atoms. The van der Waals surface area contributed by atoms with Gasteiger partial charge in [0.25, 0.3) is 0 Å². The van der Waals surface area contributed by atoms with Crippen molar-refractivity contribution in [3.8, 4) is 0 Å². The quantitative estimate of drug-likeness (QED) is 0.674. The minimum Gasteiger partial charge on any atom is -0.479 e. The summed E-state index contributed by atoms with van der Waals surface area (Å²) < 4.78 is 10.5. The highest BCUT2D eigenvalue weighted by molar-refractivity contribution is 5.78. The maximum absolute atomic E-state index is 12.5. The molecular formula is C12H20N2O6. The summed E-state index contributed by atoms with van der Waals surface area (Å²) in [6, 6.07) is -0.328. The highest BCUT2D eigenvalue weighted by Gasteiger charge is 2.35. The van der Waals surface area contributed by atoms with E-state index in [0.29, 0.717) is 19.7 Å². The molecule has 2 saturated heterocycles. The number of urea groups is 1. The molecule has 0 aliphatic carbocycles. The minimum absolute atomic E-state index is 0.0437. The number of hydrogen-bond donors (Lipinski definition) is 2. The molecule has 114 valence electrons. The monoisotopic (exact) mass is 288 g/mol. The van der Waals surface area contributed by atoms with Crippen molar-refractivity contribution in [2.75, 3.05) is 39.5 Å². The Morgan fingerprint density at radius 3 is 2.70 bits per heavy atom. The fraction of sp³-hybridized carbons (Fsp3) is 0.833. The highest BCUT2D eigenvalue weighted by Crippen LogP contribution is 2.16. The third-order valence-electron chi connectivity index (χ3n) is 3.57. The second-order valence-corrected chi connectivity index (χ2v) is 5.07. The summed E-state index contributed by atoms with van der Waals surface area (Å²) in [6.07, 6.45) is -1.36. The van der Waals surface area contributed by atoms with Crippen molar-refractivity contribution < 1.29 is 29.3 Å². The molecule has 3 unspecified atom stereocenters. The maximum atomic E-state index is 12.5. The molecule has 20 heavy (non-hydrogen) atoms. The van der Waals surface area contributed by atoms with Crippen LogP contribution in [0.5, 0.6) is 0 Å². The molecule has 0 radical (unpaired) electrons. The molecule has 2 rings (SSSR count). The number of aliphatic hydroxyl groups is 1. The standard InChI is InChI=1S/C12H20N2O6/c1-8-7-20-9(6-15)4-14(8)12(18)13-2-3-19-10(5-13)11(16)17/h8-10,15H,2-7H2,1H3,(H,16,17). The van der Waals surface area contributed by atoms with Gasteiger partial charge < -0.3 is 29.5 Å². The second-order valence-electron chi connectivity index (χ2n) is 5.07. The smallest absolute Gasteiger partial charge is 0.334 e. The summed E-state index contributed by atoms with van der Waals surface area (Å²) >= 11 is 0. The predicted octanol–water partition coefficient (Wildman–Crippen LogP) is -1.03. The Balaban J connectivity index is 2.00. The molecule has 2 heterocycles. The number of nitrogens with zero attached hydrogens (tertiary/aromatic N) is 2. The number of carboxylic acid groups (broad SMARTS) is 1. The van der Waals surface area contributed by atoms with Gasteiger partial charge in [0.1, 0.15) is 0 Å². The van der Waals surface area contributed by atoms with E-state index >= 15 is 0 Å². The van der Waals surface area contributed by atoms with Crippen LogP contribution >= 0.6 is 0 Å². The second kappa shape index (κ2) is 6.38. The van der Waals surface area contributed by atoms with Crippen LogP contribution in [0, 0.1) is 0 Å².